The maximum Gasteiger partial charge on any atom is 0.225 e. The SMILES string of the molecule is Nc1ccc2c(c1)CCc1nc(NC(=O)CCCc3ccccc3)c(CCC3CCCCC3)nc1-2. The largest absolute Gasteiger partial charge is 0.399 e. The molecule has 0 atom stereocenters. The first-order chi connectivity index (χ1) is 17.2. The van der Waals surface area contributed by atoms with E-state index in [0.29, 0.717) is 12.2 Å². The lowest BCUT2D eigenvalue weighted by Crippen LogP contribution is -2.19. The zero-order chi connectivity index (χ0) is 24.0. The van der Waals surface area contributed by atoms with Crippen LogP contribution < -0.4 is 11.1 Å². The van der Waals surface area contributed by atoms with Crippen LogP contribution in [-0.4, -0.2) is 15.9 Å². The Kier molecular flexibility index (Phi) is 7.41. The van der Waals surface area contributed by atoms with Crippen LogP contribution in [-0.2, 0) is 30.5 Å². The van der Waals surface area contributed by atoms with E-state index in [4.69, 9.17) is 15.7 Å². The summed E-state index contributed by atoms with van der Waals surface area (Å²) in [5.74, 6) is 1.45. The second kappa shape index (κ2) is 11.0. The molecule has 2 aliphatic rings. The predicted molar refractivity (Wildman–Crippen MR) is 142 cm³/mol. The number of carbonyl (C=O) groups excluding carboxylic acids is 1. The maximum atomic E-state index is 12.9. The van der Waals surface area contributed by atoms with Crippen LogP contribution in [0, 0.1) is 5.92 Å². The van der Waals surface area contributed by atoms with E-state index < -0.39 is 0 Å². The number of fused-ring (bicyclic) bond motifs is 3. The van der Waals surface area contributed by atoms with Crippen molar-refractivity contribution in [2.24, 2.45) is 5.92 Å². The van der Waals surface area contributed by atoms with Crippen molar-refractivity contribution >= 4 is 17.4 Å². The summed E-state index contributed by atoms with van der Waals surface area (Å²) >= 11 is 0. The topological polar surface area (TPSA) is 80.9 Å². The second-order valence-electron chi connectivity index (χ2n) is 10.2. The highest BCUT2D eigenvalue weighted by Gasteiger charge is 2.23. The summed E-state index contributed by atoms with van der Waals surface area (Å²) in [5.41, 5.74) is 13.3. The minimum atomic E-state index is 0.0260. The highest BCUT2D eigenvalue weighted by atomic mass is 16.1. The Balaban J connectivity index is 1.34. The van der Waals surface area contributed by atoms with Crippen molar-refractivity contribution in [3.05, 3.63) is 71.0 Å². The maximum absolute atomic E-state index is 12.9. The summed E-state index contributed by atoms with van der Waals surface area (Å²) in [6.07, 6.45) is 12.5. The van der Waals surface area contributed by atoms with Gasteiger partial charge in [-0.05, 0) is 67.7 Å². The number of hydrogen-bond acceptors (Lipinski definition) is 4. The smallest absolute Gasteiger partial charge is 0.225 e. The van der Waals surface area contributed by atoms with Crippen molar-refractivity contribution in [2.45, 2.75) is 77.0 Å². The van der Waals surface area contributed by atoms with E-state index in [9.17, 15) is 4.79 Å². The quantitative estimate of drug-likeness (QED) is 0.380. The summed E-state index contributed by atoms with van der Waals surface area (Å²) in [7, 11) is 0. The van der Waals surface area contributed by atoms with Crippen LogP contribution in [0.2, 0.25) is 0 Å². The minimum Gasteiger partial charge on any atom is -0.399 e. The average molecular weight is 469 g/mol. The fourth-order valence-corrected chi connectivity index (χ4v) is 5.58. The van der Waals surface area contributed by atoms with Gasteiger partial charge >= 0.3 is 0 Å². The van der Waals surface area contributed by atoms with Crippen molar-refractivity contribution in [3.63, 3.8) is 0 Å². The number of amides is 1. The van der Waals surface area contributed by atoms with Crippen LogP contribution in [0.1, 0.15) is 73.9 Å². The molecule has 0 spiro atoms. The van der Waals surface area contributed by atoms with Crippen molar-refractivity contribution in [1.29, 1.82) is 0 Å². The molecule has 1 heterocycles. The number of hydrogen-bond donors (Lipinski definition) is 2. The lowest BCUT2D eigenvalue weighted by Gasteiger charge is -2.23. The monoisotopic (exact) mass is 468 g/mol. The molecule has 182 valence electrons. The number of carbonyl (C=O) groups is 1. The summed E-state index contributed by atoms with van der Waals surface area (Å²) in [6.45, 7) is 0. The van der Waals surface area contributed by atoms with E-state index in [1.807, 2.05) is 24.3 Å². The van der Waals surface area contributed by atoms with E-state index in [-0.39, 0.29) is 5.91 Å². The Morgan fingerprint density at radius 1 is 0.971 bits per heavy atom. The first kappa shape index (κ1) is 23.5. The number of aromatic nitrogens is 2. The minimum absolute atomic E-state index is 0.0260. The zero-order valence-electron chi connectivity index (χ0n) is 20.6. The molecule has 1 amide bonds. The summed E-state index contributed by atoms with van der Waals surface area (Å²) in [4.78, 5) is 23.0. The van der Waals surface area contributed by atoms with Gasteiger partial charge in [-0.15, -0.1) is 0 Å². The number of benzene rings is 2. The number of anilines is 2. The first-order valence-corrected chi connectivity index (χ1v) is 13.3. The van der Waals surface area contributed by atoms with Crippen LogP contribution in [0.4, 0.5) is 11.5 Å². The fourth-order valence-electron chi connectivity index (χ4n) is 5.58. The van der Waals surface area contributed by atoms with Gasteiger partial charge in [-0.3, -0.25) is 4.79 Å². The van der Waals surface area contributed by atoms with Crippen molar-refractivity contribution in [2.75, 3.05) is 11.1 Å². The molecule has 5 rings (SSSR count). The number of aryl methyl sites for hydroxylation is 4. The number of nitrogen functional groups attached to an aromatic ring is 1. The average Bonchev–Trinajstić information content (AvgIpc) is 2.88. The van der Waals surface area contributed by atoms with Gasteiger partial charge < -0.3 is 11.1 Å². The van der Waals surface area contributed by atoms with Crippen molar-refractivity contribution in [1.82, 2.24) is 9.97 Å². The number of nitrogens with zero attached hydrogens (tertiary/aromatic N) is 2. The van der Waals surface area contributed by atoms with Crippen LogP contribution in [0.3, 0.4) is 0 Å². The molecule has 2 aliphatic carbocycles. The second-order valence-corrected chi connectivity index (χ2v) is 10.2. The zero-order valence-corrected chi connectivity index (χ0v) is 20.6. The van der Waals surface area contributed by atoms with Gasteiger partial charge in [-0.2, -0.15) is 0 Å². The van der Waals surface area contributed by atoms with Crippen molar-refractivity contribution < 1.29 is 4.79 Å². The van der Waals surface area contributed by atoms with Crippen LogP contribution in [0.25, 0.3) is 11.3 Å². The van der Waals surface area contributed by atoms with Gasteiger partial charge in [-0.25, -0.2) is 9.97 Å². The third-order valence-electron chi connectivity index (χ3n) is 7.54. The van der Waals surface area contributed by atoms with Gasteiger partial charge in [0, 0.05) is 17.7 Å². The molecule has 3 aromatic rings. The van der Waals surface area contributed by atoms with Crippen molar-refractivity contribution in [3.8, 4) is 11.3 Å². The van der Waals surface area contributed by atoms with E-state index in [2.05, 4.69) is 29.6 Å². The third-order valence-corrected chi connectivity index (χ3v) is 7.54. The number of nitrogens with one attached hydrogen (secondary N) is 1. The predicted octanol–water partition coefficient (Wildman–Crippen LogP) is 6.30. The van der Waals surface area contributed by atoms with E-state index >= 15 is 0 Å². The molecule has 0 aliphatic heterocycles. The third kappa shape index (κ3) is 5.90. The molecular formula is C30H36N4O. The number of rotatable bonds is 8. The molecule has 0 radical (unpaired) electrons. The van der Waals surface area contributed by atoms with Gasteiger partial charge in [-0.1, -0.05) is 68.5 Å². The molecule has 2 aromatic carbocycles. The molecule has 35 heavy (non-hydrogen) atoms. The lowest BCUT2D eigenvalue weighted by atomic mass is 9.85. The van der Waals surface area contributed by atoms with Crippen LogP contribution in [0.15, 0.2) is 48.5 Å². The standard InChI is InChI=1S/C30H36N4O/c31-24-16-17-25-23(20-24)15-19-26-29(25)32-27(18-14-22-10-5-2-6-11-22)30(33-26)34-28(35)13-7-12-21-8-3-1-4-9-21/h1,3-4,8-9,16-17,20,22H,2,5-7,10-15,18-19,31H2,(H,33,34,35). The fraction of sp³-hybridized carbons (Fsp3) is 0.433. The molecule has 5 nitrogen and oxygen atoms in total. The summed E-state index contributed by atoms with van der Waals surface area (Å²) in [6, 6.07) is 16.4. The molecule has 3 N–H and O–H groups in total. The lowest BCUT2D eigenvalue weighted by molar-refractivity contribution is -0.116. The van der Waals surface area contributed by atoms with E-state index in [0.717, 1.165) is 72.8 Å². The van der Waals surface area contributed by atoms with Crippen LogP contribution >= 0.6 is 0 Å². The van der Waals surface area contributed by atoms with E-state index in [1.165, 1.54) is 43.2 Å². The Hall–Kier alpha value is -3.21. The Morgan fingerprint density at radius 3 is 2.63 bits per heavy atom. The number of nitrogens with two attached hydrogens (primary N) is 1. The highest BCUT2D eigenvalue weighted by molar-refractivity contribution is 5.90. The Bertz CT molecular complexity index is 1170. The molecule has 0 saturated heterocycles. The Labute approximate surface area is 208 Å². The summed E-state index contributed by atoms with van der Waals surface area (Å²) < 4.78 is 0. The highest BCUT2D eigenvalue weighted by Crippen LogP contribution is 2.35. The van der Waals surface area contributed by atoms with Crippen LogP contribution in [0.5, 0.6) is 0 Å². The van der Waals surface area contributed by atoms with Gasteiger partial charge in [0.25, 0.3) is 0 Å². The molecule has 0 bridgehead atoms. The normalized spacial score (nSPS) is 15.3. The molecule has 1 aromatic heterocycles. The molecular weight excluding hydrogens is 432 g/mol. The van der Waals surface area contributed by atoms with Gasteiger partial charge in [0.1, 0.15) is 0 Å². The van der Waals surface area contributed by atoms with Gasteiger partial charge in [0.15, 0.2) is 5.82 Å². The molecule has 1 saturated carbocycles. The summed E-state index contributed by atoms with van der Waals surface area (Å²) in [5, 5.41) is 3.14. The van der Waals surface area contributed by atoms with Gasteiger partial charge in [0.05, 0.1) is 17.1 Å². The molecule has 5 heteroatoms. The molecule has 0 unspecified atom stereocenters. The first-order valence-electron chi connectivity index (χ1n) is 13.3. The van der Waals surface area contributed by atoms with Gasteiger partial charge in [0.2, 0.25) is 5.91 Å². The van der Waals surface area contributed by atoms with E-state index in [1.54, 1.807) is 0 Å². The molecule has 1 fully saturated rings. The Morgan fingerprint density at radius 2 is 1.80 bits per heavy atom.